The zero-order valence-electron chi connectivity index (χ0n) is 12.7. The Hall–Kier alpha value is -0.690. The zero-order valence-corrected chi connectivity index (χ0v) is 12.7. The van der Waals surface area contributed by atoms with E-state index in [0.717, 1.165) is 45.9 Å². The first-order chi connectivity index (χ1) is 9.65. The average molecular weight is 285 g/mol. The van der Waals surface area contributed by atoms with Crippen molar-refractivity contribution >= 4 is 5.91 Å². The number of amides is 1. The van der Waals surface area contributed by atoms with Gasteiger partial charge >= 0.3 is 0 Å². The van der Waals surface area contributed by atoms with Crippen molar-refractivity contribution < 1.29 is 14.3 Å². The molecule has 1 amide bonds. The predicted molar refractivity (Wildman–Crippen MR) is 76.8 cm³/mol. The lowest BCUT2D eigenvalue weighted by molar-refractivity contribution is -0.136. The number of carbonyl (C=O) groups excluding carboxylic acids is 1. The largest absolute Gasteiger partial charge is 0.378 e. The maximum Gasteiger partial charge on any atom is 0.224 e. The summed E-state index contributed by atoms with van der Waals surface area (Å²) in [4.78, 5) is 18.5. The molecule has 2 fully saturated rings. The van der Waals surface area contributed by atoms with Crippen LogP contribution in [0, 0.1) is 0 Å². The van der Waals surface area contributed by atoms with E-state index in [2.05, 4.69) is 23.9 Å². The van der Waals surface area contributed by atoms with E-state index in [0.29, 0.717) is 19.6 Å². The van der Waals surface area contributed by atoms with Gasteiger partial charge in [-0.1, -0.05) is 0 Å². The maximum absolute atomic E-state index is 12.1. The van der Waals surface area contributed by atoms with Gasteiger partial charge in [0.1, 0.15) is 0 Å². The number of morpholine rings is 2. The SMILES string of the molecule is CN(C)C[C@@H]1CN(CCC(=O)N2CCOCC2)CCO1. The molecule has 2 saturated heterocycles. The minimum absolute atomic E-state index is 0.254. The fourth-order valence-corrected chi connectivity index (χ4v) is 2.73. The number of hydrogen-bond acceptors (Lipinski definition) is 5. The molecule has 116 valence electrons. The van der Waals surface area contributed by atoms with Crippen LogP contribution in [0.2, 0.25) is 0 Å². The lowest BCUT2D eigenvalue weighted by Gasteiger charge is -2.34. The van der Waals surface area contributed by atoms with Crippen molar-refractivity contribution in [1.29, 1.82) is 0 Å². The molecular formula is C14H27N3O3. The van der Waals surface area contributed by atoms with Crippen molar-refractivity contribution in [1.82, 2.24) is 14.7 Å². The molecular weight excluding hydrogens is 258 g/mol. The van der Waals surface area contributed by atoms with Gasteiger partial charge in [-0.05, 0) is 14.1 Å². The first kappa shape index (κ1) is 15.7. The third-order valence-corrected chi connectivity index (χ3v) is 3.80. The van der Waals surface area contributed by atoms with Crippen LogP contribution in [0.1, 0.15) is 6.42 Å². The van der Waals surface area contributed by atoms with Crippen molar-refractivity contribution in [3.8, 4) is 0 Å². The minimum atomic E-state index is 0.254. The third kappa shape index (κ3) is 5.01. The minimum Gasteiger partial charge on any atom is -0.378 e. The van der Waals surface area contributed by atoms with Gasteiger partial charge in [-0.2, -0.15) is 0 Å². The molecule has 2 aliphatic rings. The van der Waals surface area contributed by atoms with Gasteiger partial charge in [0, 0.05) is 45.7 Å². The van der Waals surface area contributed by atoms with Gasteiger partial charge in [0.05, 0.1) is 25.9 Å². The van der Waals surface area contributed by atoms with Crippen LogP contribution in [0.15, 0.2) is 0 Å². The second kappa shape index (κ2) is 7.93. The van der Waals surface area contributed by atoms with Crippen LogP contribution < -0.4 is 0 Å². The molecule has 2 heterocycles. The summed E-state index contributed by atoms with van der Waals surface area (Å²) in [6.45, 7) is 7.23. The number of nitrogens with zero attached hydrogens (tertiary/aromatic N) is 3. The van der Waals surface area contributed by atoms with E-state index in [1.54, 1.807) is 0 Å². The van der Waals surface area contributed by atoms with Crippen LogP contribution in [0.4, 0.5) is 0 Å². The van der Waals surface area contributed by atoms with Gasteiger partial charge in [0.25, 0.3) is 0 Å². The predicted octanol–water partition coefficient (Wildman–Crippen LogP) is -0.502. The normalized spacial score (nSPS) is 25.1. The Bertz CT molecular complexity index is 306. The fourth-order valence-electron chi connectivity index (χ4n) is 2.73. The Morgan fingerprint density at radius 2 is 1.95 bits per heavy atom. The molecule has 6 nitrogen and oxygen atoms in total. The van der Waals surface area contributed by atoms with Crippen LogP contribution >= 0.6 is 0 Å². The second-order valence-corrected chi connectivity index (χ2v) is 5.80. The molecule has 20 heavy (non-hydrogen) atoms. The highest BCUT2D eigenvalue weighted by atomic mass is 16.5. The number of rotatable bonds is 5. The summed E-state index contributed by atoms with van der Waals surface area (Å²) in [6.07, 6.45) is 0.867. The van der Waals surface area contributed by atoms with E-state index < -0.39 is 0 Å². The van der Waals surface area contributed by atoms with Crippen molar-refractivity contribution in [2.75, 3.05) is 73.2 Å². The van der Waals surface area contributed by atoms with E-state index in [4.69, 9.17) is 9.47 Å². The van der Waals surface area contributed by atoms with Crippen LogP contribution in [-0.4, -0.2) is 99.9 Å². The van der Waals surface area contributed by atoms with Gasteiger partial charge < -0.3 is 19.3 Å². The van der Waals surface area contributed by atoms with E-state index in [9.17, 15) is 4.79 Å². The van der Waals surface area contributed by atoms with Gasteiger partial charge in [-0.25, -0.2) is 0 Å². The molecule has 6 heteroatoms. The smallest absolute Gasteiger partial charge is 0.224 e. The Morgan fingerprint density at radius 3 is 2.65 bits per heavy atom. The molecule has 0 saturated carbocycles. The first-order valence-electron chi connectivity index (χ1n) is 7.49. The standard InChI is InChI=1S/C14H27N3O3/c1-15(2)11-13-12-16(5-10-20-13)4-3-14(18)17-6-8-19-9-7-17/h13H,3-12H2,1-2H3/t13-/m1/s1. The van der Waals surface area contributed by atoms with Crippen LogP contribution in [-0.2, 0) is 14.3 Å². The molecule has 0 aliphatic carbocycles. The fraction of sp³-hybridized carbons (Fsp3) is 0.929. The monoisotopic (exact) mass is 285 g/mol. The van der Waals surface area contributed by atoms with Crippen LogP contribution in [0.5, 0.6) is 0 Å². The third-order valence-electron chi connectivity index (χ3n) is 3.80. The van der Waals surface area contributed by atoms with Crippen molar-refractivity contribution in [3.63, 3.8) is 0 Å². The Kier molecular flexibility index (Phi) is 6.22. The Balaban J connectivity index is 1.68. The van der Waals surface area contributed by atoms with Gasteiger partial charge in [0.15, 0.2) is 0 Å². The highest BCUT2D eigenvalue weighted by Gasteiger charge is 2.22. The lowest BCUT2D eigenvalue weighted by atomic mass is 10.2. The summed E-state index contributed by atoms with van der Waals surface area (Å²) in [5, 5.41) is 0. The molecule has 0 aromatic heterocycles. The first-order valence-corrected chi connectivity index (χ1v) is 7.49. The van der Waals surface area contributed by atoms with Crippen molar-refractivity contribution in [3.05, 3.63) is 0 Å². The summed E-state index contributed by atoms with van der Waals surface area (Å²) in [7, 11) is 4.12. The molecule has 0 aromatic rings. The van der Waals surface area contributed by atoms with Crippen molar-refractivity contribution in [2.24, 2.45) is 0 Å². The summed E-state index contributed by atoms with van der Waals surface area (Å²) < 4.78 is 11.0. The maximum atomic E-state index is 12.1. The van der Waals surface area contributed by atoms with Crippen LogP contribution in [0.25, 0.3) is 0 Å². The summed E-state index contributed by atoms with van der Waals surface area (Å²) in [5.74, 6) is 0.254. The molecule has 0 bridgehead atoms. The molecule has 0 radical (unpaired) electrons. The highest BCUT2D eigenvalue weighted by Crippen LogP contribution is 2.08. The van der Waals surface area contributed by atoms with Gasteiger partial charge in [-0.3, -0.25) is 9.69 Å². The Labute approximate surface area is 121 Å². The van der Waals surface area contributed by atoms with Gasteiger partial charge in [-0.15, -0.1) is 0 Å². The van der Waals surface area contributed by atoms with E-state index in [1.807, 2.05) is 4.90 Å². The average Bonchev–Trinajstić information content (AvgIpc) is 2.45. The molecule has 2 rings (SSSR count). The molecule has 0 N–H and O–H groups in total. The zero-order chi connectivity index (χ0) is 14.4. The van der Waals surface area contributed by atoms with E-state index in [1.165, 1.54) is 0 Å². The highest BCUT2D eigenvalue weighted by molar-refractivity contribution is 5.76. The quantitative estimate of drug-likeness (QED) is 0.681. The summed E-state index contributed by atoms with van der Waals surface area (Å²) in [6, 6.07) is 0. The molecule has 0 unspecified atom stereocenters. The second-order valence-electron chi connectivity index (χ2n) is 5.80. The number of hydrogen-bond donors (Lipinski definition) is 0. The number of likely N-dealkylation sites (N-methyl/N-ethyl adjacent to an activating group) is 1. The number of carbonyl (C=O) groups is 1. The lowest BCUT2D eigenvalue weighted by Crippen LogP contribution is -2.48. The molecule has 0 spiro atoms. The Morgan fingerprint density at radius 1 is 1.20 bits per heavy atom. The molecule has 1 atom stereocenters. The van der Waals surface area contributed by atoms with Gasteiger partial charge in [0.2, 0.25) is 5.91 Å². The van der Waals surface area contributed by atoms with Crippen molar-refractivity contribution in [2.45, 2.75) is 12.5 Å². The summed E-state index contributed by atoms with van der Waals surface area (Å²) >= 11 is 0. The molecule has 2 aliphatic heterocycles. The van der Waals surface area contributed by atoms with E-state index >= 15 is 0 Å². The van der Waals surface area contributed by atoms with Crippen LogP contribution in [0.3, 0.4) is 0 Å². The van der Waals surface area contributed by atoms with E-state index in [-0.39, 0.29) is 12.0 Å². The molecule has 0 aromatic carbocycles. The topological polar surface area (TPSA) is 45.2 Å². The number of ether oxygens (including phenoxy) is 2. The summed E-state index contributed by atoms with van der Waals surface area (Å²) in [5.41, 5.74) is 0.